The van der Waals surface area contributed by atoms with Crippen LogP contribution >= 0.6 is 0 Å². The van der Waals surface area contributed by atoms with Gasteiger partial charge in [0.1, 0.15) is 6.61 Å². The molecule has 0 aromatic heterocycles. The van der Waals surface area contributed by atoms with Gasteiger partial charge < -0.3 is 9.84 Å². The Morgan fingerprint density at radius 1 is 1.33 bits per heavy atom. The molecule has 0 saturated heterocycles. The van der Waals surface area contributed by atoms with Crippen LogP contribution < -0.4 is 0 Å². The van der Waals surface area contributed by atoms with Crippen molar-refractivity contribution in [3.63, 3.8) is 0 Å². The second-order valence-corrected chi connectivity index (χ2v) is 3.30. The van der Waals surface area contributed by atoms with E-state index in [1.54, 1.807) is 0 Å². The predicted molar refractivity (Wildman–Crippen MR) is 42.5 cm³/mol. The topological polar surface area (TPSA) is 46.5 Å². The largest absolute Gasteiger partial charge is 0.364 e. The van der Waals surface area contributed by atoms with E-state index in [-0.39, 0.29) is 12.4 Å². The average Bonchev–Trinajstić information content (AvgIpc) is 2.12. The van der Waals surface area contributed by atoms with Crippen molar-refractivity contribution in [2.75, 3.05) is 6.61 Å². The summed E-state index contributed by atoms with van der Waals surface area (Å²) in [6, 6.07) is 0. The van der Waals surface area contributed by atoms with E-state index in [0.29, 0.717) is 0 Å². The van der Waals surface area contributed by atoms with Gasteiger partial charge >= 0.3 is 0 Å². The minimum atomic E-state index is -0.807. The molecule has 0 saturated carbocycles. The van der Waals surface area contributed by atoms with E-state index in [4.69, 9.17) is 4.74 Å². The van der Waals surface area contributed by atoms with Gasteiger partial charge in [0.25, 0.3) is 0 Å². The summed E-state index contributed by atoms with van der Waals surface area (Å²) in [6.07, 6.45) is 2.97. The highest BCUT2D eigenvalue weighted by Crippen LogP contribution is 2.30. The molecule has 1 atom stereocenters. The number of aliphatic hydroxyl groups is 1. The zero-order chi connectivity index (χ0) is 8.55. The first kappa shape index (κ1) is 7.95. The number of hydrogen-bond acceptors (Lipinski definition) is 3. The van der Waals surface area contributed by atoms with Gasteiger partial charge in [-0.05, 0) is 31.3 Å². The summed E-state index contributed by atoms with van der Waals surface area (Å²) < 4.78 is 4.91. The van der Waals surface area contributed by atoms with E-state index in [2.05, 4.69) is 0 Å². The van der Waals surface area contributed by atoms with Gasteiger partial charge in [-0.25, -0.2) is 0 Å². The first-order chi connectivity index (χ1) is 5.79. The Labute approximate surface area is 71.0 Å². The molecule has 0 aromatic carbocycles. The highest BCUT2D eigenvalue weighted by molar-refractivity contribution is 5.98. The molecule has 2 rings (SSSR count). The van der Waals surface area contributed by atoms with E-state index in [0.717, 1.165) is 36.8 Å². The monoisotopic (exact) mass is 168 g/mol. The fourth-order valence-corrected chi connectivity index (χ4v) is 1.86. The second kappa shape index (κ2) is 2.99. The molecule has 0 fully saturated rings. The third kappa shape index (κ3) is 1.19. The van der Waals surface area contributed by atoms with Crippen LogP contribution in [0, 0.1) is 0 Å². The summed E-state index contributed by atoms with van der Waals surface area (Å²) in [7, 11) is 0. The SMILES string of the molecule is O=C1COC(O)C2=C1CCCC2. The normalized spacial score (nSPS) is 30.4. The molecule has 0 bridgehead atoms. The van der Waals surface area contributed by atoms with E-state index in [9.17, 15) is 9.90 Å². The second-order valence-electron chi connectivity index (χ2n) is 3.30. The standard InChI is InChI=1S/C9H12O3/c10-8-5-12-9(11)7-4-2-1-3-6(7)8/h9,11H,1-5H2. The van der Waals surface area contributed by atoms with Gasteiger partial charge in [0.2, 0.25) is 0 Å². The Hall–Kier alpha value is -0.670. The van der Waals surface area contributed by atoms with Crippen molar-refractivity contribution in [2.45, 2.75) is 32.0 Å². The van der Waals surface area contributed by atoms with Crippen LogP contribution in [0.2, 0.25) is 0 Å². The molecule has 3 nitrogen and oxygen atoms in total. The highest BCUT2D eigenvalue weighted by Gasteiger charge is 2.28. The van der Waals surface area contributed by atoms with E-state index < -0.39 is 6.29 Å². The van der Waals surface area contributed by atoms with Crippen molar-refractivity contribution in [1.82, 2.24) is 0 Å². The fraction of sp³-hybridized carbons (Fsp3) is 0.667. The van der Waals surface area contributed by atoms with E-state index >= 15 is 0 Å². The van der Waals surface area contributed by atoms with Crippen LogP contribution in [0.15, 0.2) is 11.1 Å². The third-order valence-electron chi connectivity index (χ3n) is 2.52. The van der Waals surface area contributed by atoms with Crippen LogP contribution in [-0.2, 0) is 9.53 Å². The first-order valence-corrected chi connectivity index (χ1v) is 4.34. The number of ether oxygens (including phenoxy) is 1. The lowest BCUT2D eigenvalue weighted by Crippen LogP contribution is -2.31. The molecule has 1 heterocycles. The van der Waals surface area contributed by atoms with Gasteiger partial charge in [-0.3, -0.25) is 4.79 Å². The maximum atomic E-state index is 11.3. The summed E-state index contributed by atoms with van der Waals surface area (Å²) in [5.41, 5.74) is 1.66. The molecule has 0 spiro atoms. The number of carbonyl (C=O) groups excluding carboxylic acids is 1. The molecule has 3 heteroatoms. The highest BCUT2D eigenvalue weighted by atomic mass is 16.6. The van der Waals surface area contributed by atoms with Gasteiger partial charge in [0, 0.05) is 5.57 Å². The molecule has 0 radical (unpaired) electrons. The molecule has 1 aliphatic heterocycles. The lowest BCUT2D eigenvalue weighted by Gasteiger charge is -2.27. The van der Waals surface area contributed by atoms with Crippen LogP contribution in [0.1, 0.15) is 25.7 Å². The van der Waals surface area contributed by atoms with Crippen LogP contribution in [0.25, 0.3) is 0 Å². The van der Waals surface area contributed by atoms with Crippen LogP contribution in [0.4, 0.5) is 0 Å². The van der Waals surface area contributed by atoms with Crippen LogP contribution in [-0.4, -0.2) is 23.8 Å². The van der Waals surface area contributed by atoms with Gasteiger partial charge in [-0.15, -0.1) is 0 Å². The minimum absolute atomic E-state index is 0.0556. The summed E-state index contributed by atoms with van der Waals surface area (Å²) in [4.78, 5) is 11.3. The molecule has 1 unspecified atom stereocenters. The number of hydrogen-bond donors (Lipinski definition) is 1. The minimum Gasteiger partial charge on any atom is -0.364 e. The van der Waals surface area contributed by atoms with Crippen molar-refractivity contribution >= 4 is 5.78 Å². The van der Waals surface area contributed by atoms with Crippen molar-refractivity contribution in [1.29, 1.82) is 0 Å². The Balaban J connectivity index is 2.33. The maximum Gasteiger partial charge on any atom is 0.184 e. The van der Waals surface area contributed by atoms with Crippen LogP contribution in [0.5, 0.6) is 0 Å². The summed E-state index contributed by atoms with van der Waals surface area (Å²) in [5.74, 6) is 0.0648. The quantitative estimate of drug-likeness (QED) is 0.581. The van der Waals surface area contributed by atoms with Crippen molar-refractivity contribution < 1.29 is 14.6 Å². The third-order valence-corrected chi connectivity index (χ3v) is 2.52. The number of rotatable bonds is 0. The zero-order valence-corrected chi connectivity index (χ0v) is 6.88. The summed E-state index contributed by atoms with van der Waals surface area (Å²) >= 11 is 0. The molecule has 0 amide bonds. The average molecular weight is 168 g/mol. The molecule has 1 N–H and O–H groups in total. The fourth-order valence-electron chi connectivity index (χ4n) is 1.86. The predicted octanol–water partition coefficient (Wildman–Crippen LogP) is 0.775. The molecular formula is C9H12O3. The Morgan fingerprint density at radius 2 is 2.08 bits per heavy atom. The zero-order valence-electron chi connectivity index (χ0n) is 6.88. The lowest BCUT2D eigenvalue weighted by molar-refractivity contribution is -0.136. The number of carbonyl (C=O) groups is 1. The first-order valence-electron chi connectivity index (χ1n) is 4.34. The van der Waals surface area contributed by atoms with E-state index in [1.807, 2.05) is 0 Å². The molecule has 66 valence electrons. The van der Waals surface area contributed by atoms with Crippen molar-refractivity contribution in [3.05, 3.63) is 11.1 Å². The Morgan fingerprint density at radius 3 is 2.83 bits per heavy atom. The summed E-state index contributed by atoms with van der Waals surface area (Å²) in [5, 5.41) is 9.39. The number of Topliss-reactive ketones (excluding diaryl/α,β-unsaturated/α-hetero) is 1. The van der Waals surface area contributed by atoms with Crippen LogP contribution in [0.3, 0.4) is 0 Å². The lowest BCUT2D eigenvalue weighted by atomic mass is 9.88. The molecule has 12 heavy (non-hydrogen) atoms. The van der Waals surface area contributed by atoms with Gasteiger partial charge in [-0.2, -0.15) is 0 Å². The van der Waals surface area contributed by atoms with Gasteiger partial charge in [-0.1, -0.05) is 0 Å². The van der Waals surface area contributed by atoms with E-state index in [1.165, 1.54) is 0 Å². The summed E-state index contributed by atoms with van der Waals surface area (Å²) in [6.45, 7) is 0.0556. The van der Waals surface area contributed by atoms with Gasteiger partial charge in [0.05, 0.1) is 0 Å². The smallest absolute Gasteiger partial charge is 0.184 e. The number of aliphatic hydroxyl groups excluding tert-OH is 1. The Bertz CT molecular complexity index is 242. The van der Waals surface area contributed by atoms with Crippen molar-refractivity contribution in [3.8, 4) is 0 Å². The molecular weight excluding hydrogens is 156 g/mol. The maximum absolute atomic E-state index is 11.3. The molecule has 2 aliphatic rings. The van der Waals surface area contributed by atoms with Gasteiger partial charge in [0.15, 0.2) is 12.1 Å². The molecule has 1 aliphatic carbocycles. The Kier molecular flexibility index (Phi) is 1.98. The number of ketones is 1. The van der Waals surface area contributed by atoms with Crippen molar-refractivity contribution in [2.24, 2.45) is 0 Å². The molecule has 0 aromatic rings.